The molecule has 1 aromatic rings. The van der Waals surface area contributed by atoms with E-state index in [0.717, 1.165) is 6.54 Å². The Morgan fingerprint density at radius 1 is 1.27 bits per heavy atom. The van der Waals surface area contributed by atoms with Crippen LogP contribution in [0.5, 0.6) is 0 Å². The highest BCUT2D eigenvalue weighted by Gasteiger charge is 2.15. The van der Waals surface area contributed by atoms with Crippen molar-refractivity contribution in [3.05, 3.63) is 30.1 Å². The number of pyridine rings is 1. The molecule has 1 heterocycles. The van der Waals surface area contributed by atoms with Gasteiger partial charge < -0.3 is 5.32 Å². The molecule has 1 rings (SSSR count). The Hall–Kier alpha value is -0.890. The summed E-state index contributed by atoms with van der Waals surface area (Å²) < 4.78 is 0. The molecule has 0 amide bonds. The topological polar surface area (TPSA) is 24.9 Å². The van der Waals surface area contributed by atoms with Crippen molar-refractivity contribution < 1.29 is 0 Å². The van der Waals surface area contributed by atoms with Crippen LogP contribution in [-0.4, -0.2) is 17.6 Å². The largest absolute Gasteiger partial charge is 0.313 e. The van der Waals surface area contributed by atoms with Gasteiger partial charge >= 0.3 is 0 Å². The first-order chi connectivity index (χ1) is 7.29. The number of aromatic nitrogens is 1. The maximum absolute atomic E-state index is 4.05. The lowest BCUT2D eigenvalue weighted by molar-refractivity contribution is 0.438. The minimum absolute atomic E-state index is 0.560. The van der Waals surface area contributed by atoms with Crippen LogP contribution in [-0.2, 0) is 0 Å². The molecule has 0 fully saturated rings. The third-order valence-corrected chi connectivity index (χ3v) is 2.93. The first-order valence-electron chi connectivity index (χ1n) is 5.92. The zero-order chi connectivity index (χ0) is 11.1. The summed E-state index contributed by atoms with van der Waals surface area (Å²) >= 11 is 0. The molecule has 1 aromatic heterocycles. The number of hydrogen-bond donors (Lipinski definition) is 1. The quantitative estimate of drug-likeness (QED) is 0.774. The average Bonchev–Trinajstić information content (AvgIpc) is 2.31. The highest BCUT2D eigenvalue weighted by atomic mass is 14.9. The van der Waals surface area contributed by atoms with Gasteiger partial charge in [0.05, 0.1) is 0 Å². The monoisotopic (exact) mass is 206 g/mol. The second kappa shape index (κ2) is 6.57. The van der Waals surface area contributed by atoms with E-state index in [1.807, 2.05) is 12.4 Å². The van der Waals surface area contributed by atoms with E-state index in [9.17, 15) is 0 Å². The number of nitrogens with zero attached hydrogens (tertiary/aromatic N) is 1. The van der Waals surface area contributed by atoms with Crippen LogP contribution in [0.4, 0.5) is 0 Å². The molecule has 0 radical (unpaired) electrons. The molecular formula is C13H22N2. The fraction of sp³-hybridized carbons (Fsp3) is 0.615. The molecule has 15 heavy (non-hydrogen) atoms. The van der Waals surface area contributed by atoms with Gasteiger partial charge in [0.25, 0.3) is 0 Å². The second-order valence-corrected chi connectivity index (χ2v) is 4.04. The van der Waals surface area contributed by atoms with Gasteiger partial charge in [0.1, 0.15) is 0 Å². The Morgan fingerprint density at radius 2 is 1.93 bits per heavy atom. The lowest BCUT2D eigenvalue weighted by atomic mass is 9.92. The first kappa shape index (κ1) is 12.2. The van der Waals surface area contributed by atoms with Crippen LogP contribution in [0.25, 0.3) is 0 Å². The molecule has 2 nitrogen and oxygen atoms in total. The van der Waals surface area contributed by atoms with Crippen LogP contribution in [0, 0.1) is 0 Å². The van der Waals surface area contributed by atoms with Crippen LogP contribution < -0.4 is 5.32 Å². The number of nitrogens with one attached hydrogen (secondary N) is 1. The third kappa shape index (κ3) is 3.63. The molecule has 0 bridgehead atoms. The van der Waals surface area contributed by atoms with Gasteiger partial charge in [-0.2, -0.15) is 0 Å². The van der Waals surface area contributed by atoms with Crippen LogP contribution in [0.2, 0.25) is 0 Å². The number of rotatable bonds is 6. The third-order valence-electron chi connectivity index (χ3n) is 2.93. The average molecular weight is 206 g/mol. The van der Waals surface area contributed by atoms with Crippen molar-refractivity contribution in [1.82, 2.24) is 10.3 Å². The van der Waals surface area contributed by atoms with Crippen molar-refractivity contribution in [2.45, 2.75) is 45.6 Å². The Morgan fingerprint density at radius 3 is 2.47 bits per heavy atom. The lowest BCUT2D eigenvalue weighted by Crippen LogP contribution is -2.33. The summed E-state index contributed by atoms with van der Waals surface area (Å²) in [5.74, 6) is 0.560. The Bertz CT molecular complexity index is 258. The van der Waals surface area contributed by atoms with Crippen molar-refractivity contribution >= 4 is 0 Å². The van der Waals surface area contributed by atoms with Gasteiger partial charge in [-0.25, -0.2) is 0 Å². The van der Waals surface area contributed by atoms with Gasteiger partial charge in [-0.15, -0.1) is 0 Å². The molecule has 0 aliphatic heterocycles. The number of hydrogen-bond acceptors (Lipinski definition) is 2. The SMILES string of the molecule is CCCNC(CC)C(C)c1ccncc1. The standard InChI is InChI=1S/C13H22N2/c1-4-8-15-13(5-2)11(3)12-6-9-14-10-7-12/h6-7,9-11,13,15H,4-5,8H2,1-3H3. The predicted octanol–water partition coefficient (Wildman–Crippen LogP) is 2.96. The smallest absolute Gasteiger partial charge is 0.0270 e. The Labute approximate surface area is 93.1 Å². The Kier molecular flexibility index (Phi) is 5.33. The summed E-state index contributed by atoms with van der Waals surface area (Å²) in [5.41, 5.74) is 1.38. The van der Waals surface area contributed by atoms with Crippen molar-refractivity contribution in [2.75, 3.05) is 6.54 Å². The van der Waals surface area contributed by atoms with Gasteiger partial charge in [0, 0.05) is 18.4 Å². The molecule has 0 saturated carbocycles. The zero-order valence-electron chi connectivity index (χ0n) is 10.0. The minimum atomic E-state index is 0.560. The van der Waals surface area contributed by atoms with E-state index >= 15 is 0 Å². The fourth-order valence-electron chi connectivity index (χ4n) is 1.90. The van der Waals surface area contributed by atoms with Crippen LogP contribution >= 0.6 is 0 Å². The maximum atomic E-state index is 4.05. The van der Waals surface area contributed by atoms with Gasteiger partial charge in [-0.1, -0.05) is 20.8 Å². The first-order valence-corrected chi connectivity index (χ1v) is 5.92. The van der Waals surface area contributed by atoms with E-state index in [1.54, 1.807) is 0 Å². The summed E-state index contributed by atoms with van der Waals surface area (Å²) in [6, 6.07) is 4.80. The molecule has 0 aliphatic carbocycles. The predicted molar refractivity (Wildman–Crippen MR) is 65.0 cm³/mol. The van der Waals surface area contributed by atoms with Crippen molar-refractivity contribution in [3.63, 3.8) is 0 Å². The van der Waals surface area contributed by atoms with E-state index < -0.39 is 0 Å². The van der Waals surface area contributed by atoms with E-state index in [2.05, 4.69) is 43.2 Å². The van der Waals surface area contributed by atoms with Gasteiger partial charge in [-0.05, 0) is 43.0 Å². The lowest BCUT2D eigenvalue weighted by Gasteiger charge is -2.24. The highest BCUT2D eigenvalue weighted by Crippen LogP contribution is 2.20. The van der Waals surface area contributed by atoms with Crippen molar-refractivity contribution in [1.29, 1.82) is 0 Å². The van der Waals surface area contributed by atoms with Crippen LogP contribution in [0.3, 0.4) is 0 Å². The minimum Gasteiger partial charge on any atom is -0.313 e. The molecule has 0 saturated heterocycles. The molecule has 2 heteroatoms. The normalized spacial score (nSPS) is 14.9. The maximum Gasteiger partial charge on any atom is 0.0270 e. The van der Waals surface area contributed by atoms with Gasteiger partial charge in [0.15, 0.2) is 0 Å². The second-order valence-electron chi connectivity index (χ2n) is 4.04. The summed E-state index contributed by atoms with van der Waals surface area (Å²) in [7, 11) is 0. The molecule has 84 valence electrons. The molecule has 2 atom stereocenters. The molecule has 1 N–H and O–H groups in total. The van der Waals surface area contributed by atoms with Crippen LogP contribution in [0.1, 0.15) is 45.1 Å². The summed E-state index contributed by atoms with van der Waals surface area (Å²) in [6.45, 7) is 7.84. The molecular weight excluding hydrogens is 184 g/mol. The van der Waals surface area contributed by atoms with E-state index in [0.29, 0.717) is 12.0 Å². The fourth-order valence-corrected chi connectivity index (χ4v) is 1.90. The summed E-state index contributed by atoms with van der Waals surface area (Å²) in [4.78, 5) is 4.05. The summed E-state index contributed by atoms with van der Waals surface area (Å²) in [6.07, 6.45) is 6.11. The van der Waals surface area contributed by atoms with E-state index in [1.165, 1.54) is 18.4 Å². The molecule has 0 spiro atoms. The van der Waals surface area contributed by atoms with Gasteiger partial charge in [0.2, 0.25) is 0 Å². The van der Waals surface area contributed by atoms with Crippen molar-refractivity contribution in [3.8, 4) is 0 Å². The van der Waals surface area contributed by atoms with Crippen LogP contribution in [0.15, 0.2) is 24.5 Å². The molecule has 2 unspecified atom stereocenters. The molecule has 0 aromatic carbocycles. The van der Waals surface area contributed by atoms with Gasteiger partial charge in [-0.3, -0.25) is 4.98 Å². The van der Waals surface area contributed by atoms with E-state index in [-0.39, 0.29) is 0 Å². The van der Waals surface area contributed by atoms with Crippen molar-refractivity contribution in [2.24, 2.45) is 0 Å². The molecule has 0 aliphatic rings. The Balaban J connectivity index is 2.60. The zero-order valence-corrected chi connectivity index (χ0v) is 10.0. The summed E-state index contributed by atoms with van der Waals surface area (Å²) in [5, 5.41) is 3.60. The van der Waals surface area contributed by atoms with E-state index in [4.69, 9.17) is 0 Å². The highest BCUT2D eigenvalue weighted by molar-refractivity contribution is 5.16.